The quantitative estimate of drug-likeness (QED) is 0.508. The predicted octanol–water partition coefficient (Wildman–Crippen LogP) is 4.50. The Bertz CT molecular complexity index is 352. The normalized spacial score (nSPS) is 17.4. The lowest BCUT2D eigenvalue weighted by molar-refractivity contribution is 0.395. The molecule has 0 fully saturated rings. The summed E-state index contributed by atoms with van der Waals surface area (Å²) in [5.74, 6) is 1.33. The highest BCUT2D eigenvalue weighted by atomic mass is 15.2. The number of hydrogen-bond donors (Lipinski definition) is 0. The van der Waals surface area contributed by atoms with Crippen molar-refractivity contribution < 1.29 is 0 Å². The number of nitrogens with zero attached hydrogens (tertiary/aromatic N) is 1. The zero-order valence-corrected chi connectivity index (χ0v) is 11.8. The molecule has 1 nitrogen and oxygen atoms in total. The van der Waals surface area contributed by atoms with E-state index in [1.165, 1.54) is 5.70 Å². The molecule has 0 radical (unpaired) electrons. The third-order valence-electron chi connectivity index (χ3n) is 3.26. The first kappa shape index (κ1) is 13.9. The van der Waals surface area contributed by atoms with Gasteiger partial charge in [0.25, 0.3) is 0 Å². The Hall–Kier alpha value is -1.20. The average molecular weight is 231 g/mol. The Morgan fingerprint density at radius 2 is 1.94 bits per heavy atom. The van der Waals surface area contributed by atoms with Crippen molar-refractivity contribution in [3.8, 4) is 0 Å². The minimum absolute atomic E-state index is 0.517. The van der Waals surface area contributed by atoms with Gasteiger partial charge >= 0.3 is 0 Å². The van der Waals surface area contributed by atoms with E-state index in [4.69, 9.17) is 0 Å². The van der Waals surface area contributed by atoms with E-state index in [2.05, 4.69) is 69.7 Å². The maximum absolute atomic E-state index is 3.38. The van der Waals surface area contributed by atoms with Crippen LogP contribution in [-0.4, -0.2) is 10.9 Å². The van der Waals surface area contributed by atoms with Crippen LogP contribution in [0.3, 0.4) is 0 Å². The third-order valence-corrected chi connectivity index (χ3v) is 3.26. The zero-order chi connectivity index (χ0) is 12.8. The first-order chi connectivity index (χ1) is 8.02. The Balaban J connectivity index is 2.63. The van der Waals surface area contributed by atoms with Gasteiger partial charge in [0.05, 0.1) is 5.70 Å². The summed E-state index contributed by atoms with van der Waals surface area (Å²) in [6.45, 7) is 11.2. The highest BCUT2D eigenvalue weighted by Gasteiger charge is 2.13. The second-order valence-corrected chi connectivity index (χ2v) is 5.34. The molecule has 0 spiro atoms. The van der Waals surface area contributed by atoms with Crippen LogP contribution in [0.25, 0.3) is 0 Å². The summed E-state index contributed by atoms with van der Waals surface area (Å²) in [7, 11) is 0. The topological polar surface area (TPSA) is 3.24 Å². The lowest BCUT2D eigenvalue weighted by Gasteiger charge is -2.21. The smallest absolute Gasteiger partial charge is 0.0645 e. The van der Waals surface area contributed by atoms with E-state index >= 15 is 0 Å². The number of allylic oxidation sites excluding steroid dienone is 3. The molecule has 1 aliphatic rings. The largest absolute Gasteiger partial charge is 0.343 e. The van der Waals surface area contributed by atoms with Crippen molar-refractivity contribution in [3.05, 3.63) is 41.9 Å². The van der Waals surface area contributed by atoms with Gasteiger partial charge in [-0.2, -0.15) is 0 Å². The van der Waals surface area contributed by atoms with Crippen molar-refractivity contribution in [3.63, 3.8) is 0 Å². The van der Waals surface area contributed by atoms with Crippen LogP contribution in [0.15, 0.2) is 41.9 Å². The molecule has 94 valence electrons. The van der Waals surface area contributed by atoms with Crippen molar-refractivity contribution in [1.29, 1.82) is 0 Å². The molecule has 1 aliphatic heterocycles. The van der Waals surface area contributed by atoms with Crippen LogP contribution in [0.4, 0.5) is 0 Å². The zero-order valence-electron chi connectivity index (χ0n) is 11.8. The SMILES string of the molecule is CC(C)C(C)/C=C\C=C=C1CC=CN1C(C)C. The maximum Gasteiger partial charge on any atom is 0.0645 e. The molecule has 0 aromatic carbocycles. The molecule has 0 aromatic heterocycles. The highest BCUT2D eigenvalue weighted by molar-refractivity contribution is 5.19. The van der Waals surface area contributed by atoms with Crippen LogP contribution in [0, 0.1) is 11.8 Å². The molecule has 0 amide bonds. The van der Waals surface area contributed by atoms with Crippen molar-refractivity contribution in [2.45, 2.75) is 47.1 Å². The molecule has 1 atom stereocenters. The van der Waals surface area contributed by atoms with Gasteiger partial charge in [-0.15, -0.1) is 0 Å². The Morgan fingerprint density at radius 1 is 1.24 bits per heavy atom. The monoisotopic (exact) mass is 231 g/mol. The van der Waals surface area contributed by atoms with Gasteiger partial charge in [-0.25, -0.2) is 0 Å². The molecule has 1 unspecified atom stereocenters. The second kappa shape index (κ2) is 6.51. The van der Waals surface area contributed by atoms with Gasteiger partial charge in [-0.3, -0.25) is 0 Å². The van der Waals surface area contributed by atoms with E-state index in [-0.39, 0.29) is 0 Å². The lowest BCUT2D eigenvalue weighted by atomic mass is 9.98. The fourth-order valence-electron chi connectivity index (χ4n) is 1.69. The summed E-state index contributed by atoms with van der Waals surface area (Å²) in [6.07, 6.45) is 11.8. The summed E-state index contributed by atoms with van der Waals surface area (Å²) in [6, 6.07) is 0.517. The Kier molecular flexibility index (Phi) is 5.31. The van der Waals surface area contributed by atoms with Crippen LogP contribution >= 0.6 is 0 Å². The average Bonchev–Trinajstić information content (AvgIpc) is 2.72. The minimum Gasteiger partial charge on any atom is -0.343 e. The van der Waals surface area contributed by atoms with Gasteiger partial charge in [0.1, 0.15) is 0 Å². The van der Waals surface area contributed by atoms with E-state index in [0.717, 1.165) is 6.42 Å². The molecule has 1 heterocycles. The summed E-state index contributed by atoms with van der Waals surface area (Å²) >= 11 is 0. The fourth-order valence-corrected chi connectivity index (χ4v) is 1.69. The van der Waals surface area contributed by atoms with Crippen LogP contribution in [-0.2, 0) is 0 Å². The molecular weight excluding hydrogens is 206 g/mol. The molecule has 0 aliphatic carbocycles. The molecule has 17 heavy (non-hydrogen) atoms. The number of rotatable bonds is 4. The van der Waals surface area contributed by atoms with Crippen molar-refractivity contribution in [1.82, 2.24) is 4.90 Å². The van der Waals surface area contributed by atoms with Crippen molar-refractivity contribution in [2.75, 3.05) is 0 Å². The first-order valence-corrected chi connectivity index (χ1v) is 6.59. The van der Waals surface area contributed by atoms with E-state index in [1.807, 2.05) is 6.08 Å². The summed E-state index contributed by atoms with van der Waals surface area (Å²) in [5, 5.41) is 0. The van der Waals surface area contributed by atoms with Crippen LogP contribution in [0.1, 0.15) is 41.0 Å². The van der Waals surface area contributed by atoms with Gasteiger partial charge in [0.2, 0.25) is 0 Å². The summed E-state index contributed by atoms with van der Waals surface area (Å²) in [4.78, 5) is 2.27. The molecule has 1 rings (SSSR count). The summed E-state index contributed by atoms with van der Waals surface area (Å²) < 4.78 is 0. The van der Waals surface area contributed by atoms with Crippen molar-refractivity contribution >= 4 is 0 Å². The molecule has 1 heteroatoms. The third kappa shape index (κ3) is 4.28. The van der Waals surface area contributed by atoms with Gasteiger partial charge in [0.15, 0.2) is 0 Å². The first-order valence-electron chi connectivity index (χ1n) is 6.59. The molecule has 0 saturated carbocycles. The van der Waals surface area contributed by atoms with E-state index in [1.54, 1.807) is 0 Å². The second-order valence-electron chi connectivity index (χ2n) is 5.34. The van der Waals surface area contributed by atoms with E-state index < -0.39 is 0 Å². The van der Waals surface area contributed by atoms with Gasteiger partial charge in [-0.1, -0.05) is 44.7 Å². The van der Waals surface area contributed by atoms with E-state index in [9.17, 15) is 0 Å². The molecule has 0 saturated heterocycles. The predicted molar refractivity (Wildman–Crippen MR) is 75.5 cm³/mol. The molecule has 0 N–H and O–H groups in total. The lowest BCUT2D eigenvalue weighted by Crippen LogP contribution is -2.20. The van der Waals surface area contributed by atoms with Crippen molar-refractivity contribution in [2.24, 2.45) is 11.8 Å². The number of hydrogen-bond acceptors (Lipinski definition) is 1. The van der Waals surface area contributed by atoms with Gasteiger partial charge in [0, 0.05) is 18.7 Å². The minimum atomic E-state index is 0.517. The summed E-state index contributed by atoms with van der Waals surface area (Å²) in [5.41, 5.74) is 4.64. The Morgan fingerprint density at radius 3 is 2.53 bits per heavy atom. The van der Waals surface area contributed by atoms with Crippen LogP contribution in [0.2, 0.25) is 0 Å². The standard InChI is InChI=1S/C16H25N/c1-13(2)15(5)9-6-7-10-16-11-8-12-17(16)14(3)4/h6-9,12-15H,11H2,1-5H3/b9-6-. The molecular formula is C16H25N. The highest BCUT2D eigenvalue weighted by Crippen LogP contribution is 2.19. The van der Waals surface area contributed by atoms with Crippen LogP contribution in [0.5, 0.6) is 0 Å². The molecule has 0 aromatic rings. The van der Waals surface area contributed by atoms with Crippen LogP contribution < -0.4 is 0 Å². The maximum atomic E-state index is 3.38. The molecule has 0 bridgehead atoms. The Labute approximate surface area is 106 Å². The van der Waals surface area contributed by atoms with Gasteiger partial charge in [-0.05, 0) is 31.8 Å². The van der Waals surface area contributed by atoms with Gasteiger partial charge < -0.3 is 4.90 Å². The van der Waals surface area contributed by atoms with E-state index in [0.29, 0.717) is 17.9 Å². The fraction of sp³-hybridized carbons (Fsp3) is 0.562.